The van der Waals surface area contributed by atoms with E-state index in [0.29, 0.717) is 56.4 Å². The van der Waals surface area contributed by atoms with Crippen LogP contribution in [0.5, 0.6) is 5.75 Å². The Kier molecular flexibility index (Phi) is 15.1. The highest BCUT2D eigenvalue weighted by Crippen LogP contribution is 2.44. The molecule has 4 aromatic rings. The number of nitrogens with zero attached hydrogens (tertiary/aromatic N) is 5. The summed E-state index contributed by atoms with van der Waals surface area (Å²) in [6, 6.07) is 16.3. The number of rotatable bonds is 11. The van der Waals surface area contributed by atoms with Crippen LogP contribution in [0.1, 0.15) is 77.5 Å². The fraction of sp³-hybridized carbons (Fsp3) is 0.481. The van der Waals surface area contributed by atoms with E-state index in [1.165, 1.54) is 16.0 Å². The van der Waals surface area contributed by atoms with Crippen molar-refractivity contribution >= 4 is 40.5 Å². The minimum absolute atomic E-state index is 0.0390. The molecule has 4 amide bonds. The van der Waals surface area contributed by atoms with Crippen molar-refractivity contribution in [3.05, 3.63) is 101 Å². The molecular formula is C54H67N7O8. The van der Waals surface area contributed by atoms with Gasteiger partial charge in [-0.15, -0.1) is 0 Å². The monoisotopic (exact) mass is 942 g/mol. The molecule has 366 valence electrons. The third-order valence-corrected chi connectivity index (χ3v) is 13.8. The van der Waals surface area contributed by atoms with Crippen LogP contribution < -0.4 is 10.7 Å². The van der Waals surface area contributed by atoms with Crippen LogP contribution in [0.4, 0.5) is 0 Å². The van der Waals surface area contributed by atoms with Crippen LogP contribution >= 0.6 is 0 Å². The molecule has 15 heteroatoms. The zero-order valence-electron chi connectivity index (χ0n) is 41.3. The van der Waals surface area contributed by atoms with Crippen molar-refractivity contribution in [2.45, 2.75) is 104 Å². The van der Waals surface area contributed by atoms with E-state index in [-0.39, 0.29) is 49.6 Å². The number of likely N-dealkylation sites (N-methyl/N-ethyl adjacent to an activating group) is 1. The Balaban J connectivity index is 1.34. The molecule has 7 rings (SSSR count). The molecule has 4 atom stereocenters. The number of phenolic OH excluding ortho intramolecular Hbond substituents is 1. The zero-order valence-corrected chi connectivity index (χ0v) is 41.3. The average molecular weight is 942 g/mol. The second-order valence-electron chi connectivity index (χ2n) is 20.4. The molecule has 3 aliphatic heterocycles. The highest BCUT2D eigenvalue weighted by Gasteiger charge is 2.41. The molecule has 0 spiro atoms. The van der Waals surface area contributed by atoms with E-state index < -0.39 is 52.9 Å². The third kappa shape index (κ3) is 10.7. The molecule has 3 aromatic carbocycles. The SMILES string of the molecule is [C-]#[N+]C(C)(C)n1c(-c2ccccc2CCOC)c2c3cc(ccc31)-c1cc(O)cc(c1)C[C@H](NC(=O)[C@H](C(C)C)N(C)C(=O)[C@H]1CCN(C(=O)C=C)C1)C(=O)N1CCC[C@H](N1)C(=O)OCC(C)(C)C2. The number of aromatic hydroxyl groups is 1. The normalized spacial score (nSPS) is 20.2. The molecule has 6 bridgehead atoms. The van der Waals surface area contributed by atoms with Crippen molar-refractivity contribution in [2.75, 3.05) is 47.0 Å². The highest BCUT2D eigenvalue weighted by atomic mass is 16.5. The first-order chi connectivity index (χ1) is 32.8. The Morgan fingerprint density at radius 3 is 2.55 bits per heavy atom. The quantitative estimate of drug-likeness (QED) is 0.0849. The second kappa shape index (κ2) is 20.6. The lowest BCUT2D eigenvalue weighted by Gasteiger charge is -2.37. The maximum Gasteiger partial charge on any atom is 0.324 e. The summed E-state index contributed by atoms with van der Waals surface area (Å²) in [5.41, 5.74) is 8.23. The van der Waals surface area contributed by atoms with Gasteiger partial charge in [0.25, 0.3) is 5.91 Å². The lowest BCUT2D eigenvalue weighted by atomic mass is 9.83. The topological polar surface area (TPSA) is 167 Å². The molecular weight excluding hydrogens is 875 g/mol. The third-order valence-electron chi connectivity index (χ3n) is 13.8. The summed E-state index contributed by atoms with van der Waals surface area (Å²) in [6.07, 6.45) is 3.65. The number of carbonyl (C=O) groups excluding carboxylic acids is 5. The van der Waals surface area contributed by atoms with E-state index in [9.17, 15) is 29.1 Å². The minimum atomic E-state index is -1.19. The smallest absolute Gasteiger partial charge is 0.324 e. The molecule has 0 saturated carbocycles. The Morgan fingerprint density at radius 2 is 1.84 bits per heavy atom. The number of phenols is 1. The maximum atomic E-state index is 14.8. The lowest BCUT2D eigenvalue weighted by Crippen LogP contribution is -2.62. The van der Waals surface area contributed by atoms with Gasteiger partial charge in [0.15, 0.2) is 0 Å². The second-order valence-corrected chi connectivity index (χ2v) is 20.4. The number of amides is 4. The van der Waals surface area contributed by atoms with Crippen molar-refractivity contribution in [2.24, 2.45) is 17.3 Å². The Labute approximate surface area is 405 Å². The predicted molar refractivity (Wildman–Crippen MR) is 264 cm³/mol. The fourth-order valence-electron chi connectivity index (χ4n) is 10.3. The number of nitrogens with one attached hydrogen (secondary N) is 2. The average Bonchev–Trinajstić information content (AvgIpc) is 3.95. The van der Waals surface area contributed by atoms with Crippen LogP contribution in [0.2, 0.25) is 0 Å². The number of methoxy groups -OCH3 is 1. The van der Waals surface area contributed by atoms with E-state index in [4.69, 9.17) is 16.0 Å². The molecule has 4 heterocycles. The van der Waals surface area contributed by atoms with Crippen LogP contribution in [-0.2, 0) is 58.4 Å². The van der Waals surface area contributed by atoms with Crippen molar-refractivity contribution in [1.29, 1.82) is 0 Å². The predicted octanol–water partition coefficient (Wildman–Crippen LogP) is 6.65. The van der Waals surface area contributed by atoms with E-state index in [0.717, 1.165) is 38.9 Å². The highest BCUT2D eigenvalue weighted by molar-refractivity contribution is 5.97. The van der Waals surface area contributed by atoms with E-state index in [1.54, 1.807) is 31.2 Å². The van der Waals surface area contributed by atoms with Gasteiger partial charge in [0.2, 0.25) is 17.7 Å². The fourth-order valence-corrected chi connectivity index (χ4v) is 10.3. The van der Waals surface area contributed by atoms with Crippen molar-refractivity contribution in [3.8, 4) is 28.1 Å². The van der Waals surface area contributed by atoms with Crippen LogP contribution in [-0.4, -0.2) is 119 Å². The summed E-state index contributed by atoms with van der Waals surface area (Å²) in [5.74, 6) is -3.00. The first-order valence-electron chi connectivity index (χ1n) is 24.0. The standard InChI is InChI=1S/C54H67N7O8/c1-11-46(63)59-23-20-37(31-59)50(65)58(9)47(33(2)3)49(64)56-44-27-34-25-38(28-39(62)26-34)36-18-19-45-41(29-36)42(30-53(4,5)32-69-52(67)43-17-14-22-60(57-43)51(44)66)48(61(45)54(6,7)55-8)40-16-13-12-15-35(40)21-24-68-10/h11-13,15-16,18-19,25-26,28-29,33,37,43-44,47,57,62H,1,14,17,20-24,27,30-32H2,2-7,9-10H3,(H,56,64)/t37-,43-,44-,47-/m0/s1. The lowest BCUT2D eigenvalue weighted by molar-refractivity contribution is -0.155. The number of ether oxygens (including phenoxy) is 2. The van der Waals surface area contributed by atoms with Gasteiger partial charge in [0.1, 0.15) is 23.9 Å². The zero-order chi connectivity index (χ0) is 49.9. The maximum absolute atomic E-state index is 14.8. The number of hydrogen-bond donors (Lipinski definition) is 3. The van der Waals surface area contributed by atoms with Crippen LogP contribution in [0.15, 0.2) is 73.3 Å². The number of aromatic nitrogens is 1. The summed E-state index contributed by atoms with van der Waals surface area (Å²) >= 11 is 0. The van der Waals surface area contributed by atoms with Gasteiger partial charge < -0.3 is 29.7 Å². The number of hydrogen-bond acceptors (Lipinski definition) is 9. The van der Waals surface area contributed by atoms with Gasteiger partial charge in [-0.25, -0.2) is 12.0 Å². The van der Waals surface area contributed by atoms with Gasteiger partial charge >= 0.3 is 11.6 Å². The minimum Gasteiger partial charge on any atom is -0.508 e. The van der Waals surface area contributed by atoms with Gasteiger partial charge in [-0.1, -0.05) is 70.7 Å². The molecule has 0 aliphatic carbocycles. The molecule has 3 N–H and O–H groups in total. The molecule has 0 radical (unpaired) electrons. The molecule has 0 unspecified atom stereocenters. The van der Waals surface area contributed by atoms with Gasteiger partial charge in [-0.2, -0.15) is 0 Å². The summed E-state index contributed by atoms with van der Waals surface area (Å²) in [6.45, 7) is 25.0. The number of fused-ring (bicyclic) bond motifs is 6. The van der Waals surface area contributed by atoms with Gasteiger partial charge in [0, 0.05) is 70.4 Å². The molecule has 2 saturated heterocycles. The summed E-state index contributed by atoms with van der Waals surface area (Å²) < 4.78 is 13.8. The van der Waals surface area contributed by atoms with Crippen LogP contribution in [0.3, 0.4) is 0 Å². The van der Waals surface area contributed by atoms with Crippen LogP contribution in [0, 0.1) is 23.8 Å². The van der Waals surface area contributed by atoms with Gasteiger partial charge in [-0.05, 0) is 96.2 Å². The largest absolute Gasteiger partial charge is 0.508 e. The van der Waals surface area contributed by atoms with Crippen molar-refractivity contribution < 1.29 is 38.6 Å². The molecule has 69 heavy (non-hydrogen) atoms. The summed E-state index contributed by atoms with van der Waals surface area (Å²) in [7, 11) is 3.25. The van der Waals surface area contributed by atoms with E-state index in [2.05, 4.69) is 44.9 Å². The Bertz CT molecular complexity index is 2680. The van der Waals surface area contributed by atoms with Crippen molar-refractivity contribution in [3.63, 3.8) is 0 Å². The van der Waals surface area contributed by atoms with E-state index in [1.807, 2.05) is 71.9 Å². The van der Waals surface area contributed by atoms with Gasteiger partial charge in [0.05, 0.1) is 30.3 Å². The Hall–Kier alpha value is -6.50. The molecule has 2 fully saturated rings. The summed E-state index contributed by atoms with van der Waals surface area (Å²) in [5, 5.41) is 16.7. The molecule has 3 aliphatic rings. The molecule has 1 aromatic heterocycles. The van der Waals surface area contributed by atoms with Gasteiger partial charge in [-0.3, -0.25) is 38.4 Å². The first kappa shape index (κ1) is 50.4. The van der Waals surface area contributed by atoms with Crippen LogP contribution in [0.25, 0.3) is 38.1 Å². The number of carbonyl (C=O) groups is 5. The number of hydrazine groups is 1. The number of likely N-dealkylation sites (tertiary alicyclic amines) is 1. The first-order valence-corrected chi connectivity index (χ1v) is 24.0. The number of esters is 1. The number of benzene rings is 3. The Morgan fingerprint density at radius 1 is 1.09 bits per heavy atom. The summed E-state index contributed by atoms with van der Waals surface area (Å²) in [4.78, 5) is 76.8. The molecule has 15 nitrogen and oxygen atoms in total. The number of cyclic esters (lactones) is 1. The van der Waals surface area contributed by atoms with E-state index >= 15 is 0 Å². The van der Waals surface area contributed by atoms with Crippen molar-refractivity contribution in [1.82, 2.24) is 30.1 Å².